The van der Waals surface area contributed by atoms with Crippen LogP contribution in [0.4, 0.5) is 0 Å². The van der Waals surface area contributed by atoms with E-state index in [1.54, 1.807) is 0 Å². The Hall–Kier alpha value is -0.120. The second-order valence-electron chi connectivity index (χ2n) is 6.45. The summed E-state index contributed by atoms with van der Waals surface area (Å²) in [7, 11) is 0. The summed E-state index contributed by atoms with van der Waals surface area (Å²) >= 11 is 0. The molecular formula is C14H27N3. The SMILES string of the molecule is NCC1(NCCCC2CC2)CCN(C2CC2)C1. The second-order valence-corrected chi connectivity index (χ2v) is 6.45. The van der Waals surface area contributed by atoms with E-state index < -0.39 is 0 Å². The molecule has 3 N–H and O–H groups in total. The van der Waals surface area contributed by atoms with Gasteiger partial charge < -0.3 is 11.1 Å². The first-order chi connectivity index (χ1) is 8.31. The molecule has 3 heteroatoms. The number of likely N-dealkylation sites (tertiary alicyclic amines) is 1. The van der Waals surface area contributed by atoms with Crippen LogP contribution in [0.2, 0.25) is 0 Å². The van der Waals surface area contributed by atoms with E-state index in [2.05, 4.69) is 10.2 Å². The van der Waals surface area contributed by atoms with Crippen LogP contribution >= 0.6 is 0 Å². The van der Waals surface area contributed by atoms with Crippen molar-refractivity contribution in [1.29, 1.82) is 0 Å². The molecule has 1 atom stereocenters. The van der Waals surface area contributed by atoms with Crippen LogP contribution in [0.3, 0.4) is 0 Å². The highest BCUT2D eigenvalue weighted by molar-refractivity contribution is 5.02. The average Bonchev–Trinajstić information content (AvgIpc) is 3.25. The maximum absolute atomic E-state index is 6.02. The highest BCUT2D eigenvalue weighted by atomic mass is 15.3. The van der Waals surface area contributed by atoms with E-state index in [9.17, 15) is 0 Å². The lowest BCUT2D eigenvalue weighted by molar-refractivity contribution is 0.275. The molecule has 3 fully saturated rings. The van der Waals surface area contributed by atoms with Crippen LogP contribution in [0, 0.1) is 5.92 Å². The highest BCUT2D eigenvalue weighted by Gasteiger charge is 2.41. The number of nitrogens with two attached hydrogens (primary N) is 1. The van der Waals surface area contributed by atoms with E-state index in [-0.39, 0.29) is 5.54 Å². The number of hydrogen-bond acceptors (Lipinski definition) is 3. The second kappa shape index (κ2) is 4.87. The topological polar surface area (TPSA) is 41.3 Å². The molecule has 1 unspecified atom stereocenters. The first-order valence-electron chi connectivity index (χ1n) is 7.50. The van der Waals surface area contributed by atoms with Crippen molar-refractivity contribution in [1.82, 2.24) is 10.2 Å². The molecule has 0 amide bonds. The van der Waals surface area contributed by atoms with Gasteiger partial charge in [0, 0.05) is 31.2 Å². The predicted octanol–water partition coefficient (Wildman–Crippen LogP) is 1.33. The van der Waals surface area contributed by atoms with Crippen LogP contribution in [0.25, 0.3) is 0 Å². The number of nitrogens with one attached hydrogen (secondary N) is 1. The molecule has 1 heterocycles. The summed E-state index contributed by atoms with van der Waals surface area (Å²) in [5.74, 6) is 1.07. The fourth-order valence-corrected chi connectivity index (χ4v) is 3.19. The molecule has 2 saturated carbocycles. The molecule has 17 heavy (non-hydrogen) atoms. The Balaban J connectivity index is 1.41. The Morgan fingerprint density at radius 2 is 2.06 bits per heavy atom. The van der Waals surface area contributed by atoms with Gasteiger partial charge in [-0.25, -0.2) is 0 Å². The molecule has 0 spiro atoms. The minimum Gasteiger partial charge on any atom is -0.329 e. The lowest BCUT2D eigenvalue weighted by Crippen LogP contribution is -2.53. The van der Waals surface area contributed by atoms with E-state index in [1.807, 2.05) is 0 Å². The van der Waals surface area contributed by atoms with Gasteiger partial charge in [-0.1, -0.05) is 12.8 Å². The summed E-state index contributed by atoms with van der Waals surface area (Å²) in [4.78, 5) is 2.65. The lowest BCUT2D eigenvalue weighted by atomic mass is 9.98. The van der Waals surface area contributed by atoms with Crippen molar-refractivity contribution in [3.8, 4) is 0 Å². The summed E-state index contributed by atoms with van der Waals surface area (Å²) < 4.78 is 0. The maximum Gasteiger partial charge on any atom is 0.0444 e. The zero-order chi connectivity index (χ0) is 11.7. The van der Waals surface area contributed by atoms with Crippen molar-refractivity contribution in [2.45, 2.75) is 56.5 Å². The van der Waals surface area contributed by atoms with Crippen LogP contribution in [0.1, 0.15) is 44.9 Å². The zero-order valence-corrected chi connectivity index (χ0v) is 11.0. The van der Waals surface area contributed by atoms with Gasteiger partial charge in [0.15, 0.2) is 0 Å². The van der Waals surface area contributed by atoms with Gasteiger partial charge in [-0.15, -0.1) is 0 Å². The quantitative estimate of drug-likeness (QED) is 0.656. The van der Waals surface area contributed by atoms with Crippen molar-refractivity contribution < 1.29 is 0 Å². The molecule has 0 aromatic carbocycles. The Morgan fingerprint density at radius 1 is 1.24 bits per heavy atom. The van der Waals surface area contributed by atoms with Gasteiger partial charge in [0.2, 0.25) is 0 Å². The van der Waals surface area contributed by atoms with Crippen LogP contribution < -0.4 is 11.1 Å². The minimum absolute atomic E-state index is 0.242. The molecule has 0 bridgehead atoms. The van der Waals surface area contributed by atoms with Gasteiger partial charge in [-0.05, 0) is 44.6 Å². The maximum atomic E-state index is 6.02. The van der Waals surface area contributed by atoms with Crippen molar-refractivity contribution in [2.75, 3.05) is 26.2 Å². The molecule has 1 saturated heterocycles. The first-order valence-corrected chi connectivity index (χ1v) is 7.50. The minimum atomic E-state index is 0.242. The van der Waals surface area contributed by atoms with Gasteiger partial charge >= 0.3 is 0 Å². The van der Waals surface area contributed by atoms with Gasteiger partial charge in [0.05, 0.1) is 0 Å². The normalized spacial score (nSPS) is 34.4. The first kappa shape index (κ1) is 11.9. The van der Waals surface area contributed by atoms with Crippen molar-refractivity contribution >= 4 is 0 Å². The Bertz CT molecular complexity index is 260. The molecule has 2 aliphatic carbocycles. The summed E-state index contributed by atoms with van der Waals surface area (Å²) in [6.45, 7) is 4.43. The van der Waals surface area contributed by atoms with E-state index in [1.165, 1.54) is 64.6 Å². The average molecular weight is 237 g/mol. The fourth-order valence-electron chi connectivity index (χ4n) is 3.19. The third kappa shape index (κ3) is 3.01. The molecule has 3 rings (SSSR count). The number of rotatable bonds is 7. The smallest absolute Gasteiger partial charge is 0.0444 e. The monoisotopic (exact) mass is 237 g/mol. The summed E-state index contributed by atoms with van der Waals surface area (Å²) in [6.07, 6.45) is 9.83. The Labute approximate surface area is 105 Å². The largest absolute Gasteiger partial charge is 0.329 e. The van der Waals surface area contributed by atoms with Crippen molar-refractivity contribution in [3.05, 3.63) is 0 Å². The lowest BCUT2D eigenvalue weighted by Gasteiger charge is -2.29. The summed E-state index contributed by atoms with van der Waals surface area (Å²) in [5, 5.41) is 3.77. The van der Waals surface area contributed by atoms with E-state index >= 15 is 0 Å². The number of hydrogen-bond donors (Lipinski definition) is 2. The molecule has 3 nitrogen and oxygen atoms in total. The van der Waals surface area contributed by atoms with E-state index in [4.69, 9.17) is 5.73 Å². The third-order valence-electron chi connectivity index (χ3n) is 4.82. The van der Waals surface area contributed by atoms with Gasteiger partial charge in [-0.3, -0.25) is 4.90 Å². The third-order valence-corrected chi connectivity index (χ3v) is 4.82. The Morgan fingerprint density at radius 3 is 2.71 bits per heavy atom. The summed E-state index contributed by atoms with van der Waals surface area (Å²) in [6, 6.07) is 0.900. The van der Waals surface area contributed by atoms with Crippen molar-refractivity contribution in [2.24, 2.45) is 11.7 Å². The fraction of sp³-hybridized carbons (Fsp3) is 1.00. The van der Waals surface area contributed by atoms with Crippen LogP contribution in [-0.4, -0.2) is 42.7 Å². The molecule has 0 radical (unpaired) electrons. The van der Waals surface area contributed by atoms with Crippen LogP contribution in [-0.2, 0) is 0 Å². The van der Waals surface area contributed by atoms with Crippen LogP contribution in [0.5, 0.6) is 0 Å². The zero-order valence-electron chi connectivity index (χ0n) is 11.0. The molecular weight excluding hydrogens is 210 g/mol. The molecule has 98 valence electrons. The summed E-state index contributed by atoms with van der Waals surface area (Å²) in [5.41, 5.74) is 6.26. The molecule has 0 aromatic heterocycles. The van der Waals surface area contributed by atoms with Gasteiger partial charge in [-0.2, -0.15) is 0 Å². The van der Waals surface area contributed by atoms with Gasteiger partial charge in [0.25, 0.3) is 0 Å². The number of nitrogens with zero attached hydrogens (tertiary/aromatic N) is 1. The van der Waals surface area contributed by atoms with Crippen LogP contribution in [0.15, 0.2) is 0 Å². The highest BCUT2D eigenvalue weighted by Crippen LogP contribution is 2.34. The Kier molecular flexibility index (Phi) is 3.42. The molecule has 0 aromatic rings. The standard InChI is InChI=1S/C14H27N3/c15-10-14(16-8-1-2-12-3-4-12)7-9-17(11-14)13-5-6-13/h12-13,16H,1-11,15H2. The molecule has 3 aliphatic rings. The predicted molar refractivity (Wildman–Crippen MR) is 71.0 cm³/mol. The molecule has 1 aliphatic heterocycles. The van der Waals surface area contributed by atoms with E-state index in [0.29, 0.717) is 0 Å². The van der Waals surface area contributed by atoms with Gasteiger partial charge in [0.1, 0.15) is 0 Å². The van der Waals surface area contributed by atoms with E-state index in [0.717, 1.165) is 18.5 Å². The van der Waals surface area contributed by atoms with Crippen molar-refractivity contribution in [3.63, 3.8) is 0 Å².